The summed E-state index contributed by atoms with van der Waals surface area (Å²) < 4.78 is 18.8. The molecule has 42 heavy (non-hydrogen) atoms. The molecule has 0 unspecified atom stereocenters. The Bertz CT molecular complexity index is 1480. The Balaban J connectivity index is 1.07. The van der Waals surface area contributed by atoms with Crippen molar-refractivity contribution in [1.82, 2.24) is 14.8 Å². The van der Waals surface area contributed by atoms with Gasteiger partial charge in [-0.05, 0) is 77.5 Å². The van der Waals surface area contributed by atoms with Crippen molar-refractivity contribution in [3.63, 3.8) is 0 Å². The molecule has 1 aromatic carbocycles. The molecule has 0 aliphatic heterocycles. The maximum Gasteiger partial charge on any atom is 0.514 e. The maximum atomic E-state index is 12.4. The number of nitrogens with two attached hydrogens (primary N) is 1. The van der Waals surface area contributed by atoms with Crippen LogP contribution >= 0.6 is 0 Å². The quantitative estimate of drug-likeness (QED) is 0.138. The molecule has 12 heteroatoms. The van der Waals surface area contributed by atoms with E-state index in [1.807, 2.05) is 16.8 Å². The number of nitrogens with one attached hydrogen (secondary N) is 1. The second-order valence-electron chi connectivity index (χ2n) is 13.1. The van der Waals surface area contributed by atoms with E-state index in [0.29, 0.717) is 25.3 Å². The number of pyridine rings is 1. The Labute approximate surface area is 243 Å². The molecule has 4 aliphatic rings. The number of carbonyl (C=O) groups is 1. The number of nitro groups is 1. The van der Waals surface area contributed by atoms with Crippen molar-refractivity contribution >= 4 is 23.3 Å². The minimum atomic E-state index is -0.829. The first kappa shape index (κ1) is 28.0. The average Bonchev–Trinajstić information content (AvgIpc) is 3.53. The summed E-state index contributed by atoms with van der Waals surface area (Å²) in [7, 11) is 0. The Morgan fingerprint density at radius 1 is 1.17 bits per heavy atom. The molecule has 4 fully saturated rings. The van der Waals surface area contributed by atoms with Gasteiger partial charge in [0.25, 0.3) is 5.69 Å². The van der Waals surface area contributed by atoms with Crippen molar-refractivity contribution in [3.8, 4) is 11.6 Å². The SMILES string of the molecule is CC(C)(C)n1nc([C@H]2CC[C@@H](OC(=O)Oc3ccc([N+](=O)[O-])cc3)C2)cc1Nc1ccnc(OCC23CC(N)(C2)C3)c1. The highest BCUT2D eigenvalue weighted by atomic mass is 16.7. The van der Waals surface area contributed by atoms with E-state index in [4.69, 9.17) is 25.0 Å². The van der Waals surface area contributed by atoms with Crippen LogP contribution in [0.3, 0.4) is 0 Å². The number of rotatable bonds is 9. The predicted octanol–water partition coefficient (Wildman–Crippen LogP) is 5.80. The smallest absolute Gasteiger partial charge is 0.477 e. The summed E-state index contributed by atoms with van der Waals surface area (Å²) in [6.45, 7) is 6.93. The lowest BCUT2D eigenvalue weighted by atomic mass is 9.40. The molecule has 0 radical (unpaired) electrons. The summed E-state index contributed by atoms with van der Waals surface area (Å²) in [5, 5.41) is 19.3. The number of non-ortho nitro benzene ring substituents is 1. The Morgan fingerprint density at radius 3 is 2.57 bits per heavy atom. The third kappa shape index (κ3) is 5.76. The number of hydrogen-bond acceptors (Lipinski definition) is 10. The summed E-state index contributed by atoms with van der Waals surface area (Å²) in [6.07, 6.45) is 5.79. The van der Waals surface area contributed by atoms with Crippen LogP contribution < -0.4 is 20.5 Å². The van der Waals surface area contributed by atoms with Crippen LogP contribution in [0.25, 0.3) is 0 Å². The molecular weight excluding hydrogens is 540 g/mol. The molecule has 222 valence electrons. The van der Waals surface area contributed by atoms with Gasteiger partial charge in [0.1, 0.15) is 17.7 Å². The molecule has 0 saturated heterocycles. The van der Waals surface area contributed by atoms with Crippen molar-refractivity contribution in [3.05, 3.63) is 64.5 Å². The van der Waals surface area contributed by atoms with Gasteiger partial charge in [-0.15, -0.1) is 0 Å². The van der Waals surface area contributed by atoms with Crippen LogP contribution in [0.15, 0.2) is 48.7 Å². The molecular formula is C30H36N6O6. The molecule has 12 nitrogen and oxygen atoms in total. The van der Waals surface area contributed by atoms with Gasteiger partial charge in [-0.3, -0.25) is 10.1 Å². The Hall–Kier alpha value is -4.19. The van der Waals surface area contributed by atoms with Crippen LogP contribution in [0.4, 0.5) is 22.0 Å². The number of anilines is 2. The minimum Gasteiger partial charge on any atom is -0.477 e. The highest BCUT2D eigenvalue weighted by molar-refractivity contribution is 5.64. The van der Waals surface area contributed by atoms with Crippen molar-refractivity contribution in [2.75, 3.05) is 11.9 Å². The Morgan fingerprint density at radius 2 is 1.90 bits per heavy atom. The summed E-state index contributed by atoms with van der Waals surface area (Å²) in [6, 6.07) is 11.1. The van der Waals surface area contributed by atoms with E-state index in [1.54, 1.807) is 6.20 Å². The monoisotopic (exact) mass is 576 g/mol. The number of benzene rings is 1. The first-order valence-electron chi connectivity index (χ1n) is 14.3. The van der Waals surface area contributed by atoms with E-state index in [0.717, 1.165) is 42.9 Å². The van der Waals surface area contributed by atoms with Gasteiger partial charge in [0.15, 0.2) is 0 Å². The number of aromatic nitrogens is 3. The van der Waals surface area contributed by atoms with E-state index in [1.165, 1.54) is 24.3 Å². The number of hydrogen-bond donors (Lipinski definition) is 2. The molecule has 2 atom stereocenters. The maximum absolute atomic E-state index is 12.4. The second kappa shape index (κ2) is 10.3. The molecule has 4 aliphatic carbocycles. The third-order valence-electron chi connectivity index (χ3n) is 8.39. The van der Waals surface area contributed by atoms with E-state index >= 15 is 0 Å². The van der Waals surface area contributed by atoms with Crippen LogP contribution in [-0.4, -0.2) is 44.1 Å². The molecule has 4 saturated carbocycles. The summed E-state index contributed by atoms with van der Waals surface area (Å²) in [5.74, 6) is 1.73. The number of carbonyl (C=O) groups excluding carboxylic acids is 1. The van der Waals surface area contributed by atoms with Crippen LogP contribution in [-0.2, 0) is 10.3 Å². The Kier molecular flexibility index (Phi) is 6.83. The van der Waals surface area contributed by atoms with Crippen LogP contribution in [0.2, 0.25) is 0 Å². The molecule has 3 N–H and O–H groups in total. The first-order chi connectivity index (χ1) is 19.9. The highest BCUT2D eigenvalue weighted by Crippen LogP contribution is 2.65. The zero-order valence-electron chi connectivity index (χ0n) is 24.0. The minimum absolute atomic E-state index is 0.0489. The van der Waals surface area contributed by atoms with Gasteiger partial charge in [0, 0.05) is 53.0 Å². The number of nitro benzene ring substituents is 1. The van der Waals surface area contributed by atoms with Gasteiger partial charge in [-0.1, -0.05) is 0 Å². The van der Waals surface area contributed by atoms with Crippen molar-refractivity contribution in [2.45, 2.75) is 82.4 Å². The highest BCUT2D eigenvalue weighted by Gasteiger charge is 2.66. The van der Waals surface area contributed by atoms with Gasteiger partial charge in [-0.25, -0.2) is 14.5 Å². The molecule has 3 aromatic rings. The number of nitrogens with zero attached hydrogens (tertiary/aromatic N) is 4. The molecule has 2 bridgehead atoms. The zero-order valence-corrected chi connectivity index (χ0v) is 24.0. The molecule has 2 heterocycles. The van der Waals surface area contributed by atoms with Crippen LogP contribution in [0.1, 0.15) is 70.9 Å². The van der Waals surface area contributed by atoms with Crippen molar-refractivity contribution in [1.29, 1.82) is 0 Å². The predicted molar refractivity (Wildman–Crippen MR) is 154 cm³/mol. The molecule has 0 amide bonds. The largest absolute Gasteiger partial charge is 0.514 e. The van der Waals surface area contributed by atoms with Gasteiger partial charge in [0.05, 0.1) is 22.8 Å². The fourth-order valence-corrected chi connectivity index (χ4v) is 6.59. The van der Waals surface area contributed by atoms with E-state index in [2.05, 4.69) is 37.1 Å². The fraction of sp³-hybridized carbons (Fsp3) is 0.500. The standard InChI is InChI=1S/C30H36N6O6/c1-28(2,3)35-25(33-20-10-11-32-26(13-20)40-18-29-15-30(31,16-29)17-29)14-24(34-35)19-4-7-23(12-19)42-27(37)41-22-8-5-21(6-9-22)36(38)39/h5-6,8-11,13-14,19,23H,4,7,12,15-18,31H2,1-3H3,(H,32,33)/t19-,23+,29?,30?/m0/s1. The average molecular weight is 577 g/mol. The van der Waals surface area contributed by atoms with Gasteiger partial charge >= 0.3 is 6.16 Å². The summed E-state index contributed by atoms with van der Waals surface area (Å²) >= 11 is 0. The lowest BCUT2D eigenvalue weighted by molar-refractivity contribution is -0.384. The van der Waals surface area contributed by atoms with E-state index in [9.17, 15) is 14.9 Å². The number of ether oxygens (including phenoxy) is 3. The topological polar surface area (TPSA) is 157 Å². The summed E-state index contributed by atoms with van der Waals surface area (Å²) in [4.78, 5) is 27.1. The second-order valence-corrected chi connectivity index (χ2v) is 13.1. The normalized spacial score (nSPS) is 26.1. The third-order valence-corrected chi connectivity index (χ3v) is 8.39. The molecule has 2 aromatic heterocycles. The fourth-order valence-electron chi connectivity index (χ4n) is 6.59. The first-order valence-corrected chi connectivity index (χ1v) is 14.3. The van der Waals surface area contributed by atoms with Crippen LogP contribution in [0.5, 0.6) is 11.6 Å². The van der Waals surface area contributed by atoms with Gasteiger partial charge in [-0.2, -0.15) is 5.10 Å². The van der Waals surface area contributed by atoms with E-state index < -0.39 is 11.1 Å². The lowest BCUT2D eigenvalue weighted by Crippen LogP contribution is -2.73. The van der Waals surface area contributed by atoms with Crippen molar-refractivity contribution in [2.24, 2.45) is 11.1 Å². The lowest BCUT2D eigenvalue weighted by Gasteiger charge is -2.68. The molecule has 0 spiro atoms. The van der Waals surface area contributed by atoms with Crippen molar-refractivity contribution < 1.29 is 23.9 Å². The summed E-state index contributed by atoms with van der Waals surface area (Å²) in [5.41, 5.74) is 7.87. The molecule has 7 rings (SSSR count). The van der Waals surface area contributed by atoms with Gasteiger partial charge < -0.3 is 25.3 Å². The zero-order chi connectivity index (χ0) is 29.7. The van der Waals surface area contributed by atoms with E-state index in [-0.39, 0.29) is 40.0 Å². The van der Waals surface area contributed by atoms with Crippen LogP contribution in [0, 0.1) is 15.5 Å². The van der Waals surface area contributed by atoms with Gasteiger partial charge in [0.2, 0.25) is 5.88 Å².